The lowest BCUT2D eigenvalue weighted by atomic mass is 9.80. The molecular weight excluding hydrogens is 288 g/mol. The highest BCUT2D eigenvalue weighted by Gasteiger charge is 2.33. The zero-order valence-electron chi connectivity index (χ0n) is 12.1. The van der Waals surface area contributed by atoms with Gasteiger partial charge in [0.1, 0.15) is 5.75 Å². The lowest BCUT2D eigenvalue weighted by molar-refractivity contribution is 0.0977. The molecule has 23 heavy (non-hydrogen) atoms. The molecule has 3 aromatic carbocycles. The van der Waals surface area contributed by atoms with E-state index in [0.29, 0.717) is 11.1 Å². The lowest BCUT2D eigenvalue weighted by Gasteiger charge is -2.20. The summed E-state index contributed by atoms with van der Waals surface area (Å²) in [5.74, 6) is -0.702. The van der Waals surface area contributed by atoms with Crippen molar-refractivity contribution < 1.29 is 14.7 Å². The van der Waals surface area contributed by atoms with Crippen LogP contribution in [0, 0.1) is 0 Å². The Morgan fingerprint density at radius 1 is 0.565 bits per heavy atom. The van der Waals surface area contributed by atoms with Gasteiger partial charge in [-0.15, -0.1) is 0 Å². The Morgan fingerprint density at radius 3 is 1.87 bits per heavy atom. The van der Waals surface area contributed by atoms with Gasteiger partial charge < -0.3 is 5.11 Å². The molecule has 0 radical (unpaired) electrons. The fourth-order valence-corrected chi connectivity index (χ4v) is 3.08. The third-order valence-corrected chi connectivity index (χ3v) is 4.14. The highest BCUT2D eigenvalue weighted by Crippen LogP contribution is 2.37. The van der Waals surface area contributed by atoms with Gasteiger partial charge in [-0.2, -0.15) is 0 Å². The van der Waals surface area contributed by atoms with Crippen LogP contribution in [0.25, 0.3) is 11.1 Å². The summed E-state index contributed by atoms with van der Waals surface area (Å²) >= 11 is 0. The monoisotopic (exact) mass is 300 g/mol. The second kappa shape index (κ2) is 4.92. The minimum absolute atomic E-state index is 0.0928. The van der Waals surface area contributed by atoms with Crippen LogP contribution in [0.3, 0.4) is 0 Å². The molecule has 0 fully saturated rings. The smallest absolute Gasteiger partial charge is 0.198 e. The standard InChI is InChI=1S/C20H12O3/c21-16-11-5-10-15-18(16)20(23)14-9-4-8-13(17(14)19(15)22)12-6-2-1-3-7-12/h1-11,21H. The van der Waals surface area contributed by atoms with Crippen LogP contribution in [0.5, 0.6) is 5.75 Å². The quantitative estimate of drug-likeness (QED) is 0.581. The van der Waals surface area contributed by atoms with Crippen LogP contribution in [0.15, 0.2) is 66.7 Å². The Balaban J connectivity index is 2.03. The molecule has 1 aliphatic carbocycles. The summed E-state index contributed by atoms with van der Waals surface area (Å²) in [5, 5.41) is 9.98. The van der Waals surface area contributed by atoms with E-state index in [1.807, 2.05) is 36.4 Å². The molecule has 1 aliphatic rings. The molecule has 0 atom stereocenters. The highest BCUT2D eigenvalue weighted by atomic mass is 16.3. The molecule has 3 nitrogen and oxygen atoms in total. The van der Waals surface area contributed by atoms with Crippen molar-refractivity contribution in [2.75, 3.05) is 0 Å². The molecule has 3 aromatic rings. The van der Waals surface area contributed by atoms with Gasteiger partial charge in [-0.05, 0) is 17.2 Å². The summed E-state index contributed by atoms with van der Waals surface area (Å²) in [7, 11) is 0. The van der Waals surface area contributed by atoms with Gasteiger partial charge in [-0.25, -0.2) is 0 Å². The average molecular weight is 300 g/mol. The first kappa shape index (κ1) is 13.5. The molecule has 110 valence electrons. The molecule has 0 saturated carbocycles. The largest absolute Gasteiger partial charge is 0.507 e. The predicted octanol–water partition coefficient (Wildman–Crippen LogP) is 3.83. The summed E-state index contributed by atoms with van der Waals surface area (Å²) < 4.78 is 0. The molecule has 3 heteroatoms. The van der Waals surface area contributed by atoms with Crippen molar-refractivity contribution in [3.8, 4) is 16.9 Å². The number of ketones is 2. The zero-order valence-corrected chi connectivity index (χ0v) is 12.1. The molecule has 0 saturated heterocycles. The van der Waals surface area contributed by atoms with E-state index < -0.39 is 0 Å². The number of hydrogen-bond acceptors (Lipinski definition) is 3. The summed E-state index contributed by atoms with van der Waals surface area (Å²) in [6, 6.07) is 19.3. The Bertz CT molecular complexity index is 956. The molecule has 0 unspecified atom stereocenters. The summed E-state index contributed by atoms with van der Waals surface area (Å²) in [5.41, 5.74) is 2.71. The van der Waals surface area contributed by atoms with Crippen LogP contribution in [-0.2, 0) is 0 Å². The molecule has 4 rings (SSSR count). The van der Waals surface area contributed by atoms with E-state index in [0.717, 1.165) is 11.1 Å². The van der Waals surface area contributed by atoms with Crippen molar-refractivity contribution in [3.05, 3.63) is 89.0 Å². The van der Waals surface area contributed by atoms with Crippen molar-refractivity contribution in [2.24, 2.45) is 0 Å². The van der Waals surface area contributed by atoms with Crippen molar-refractivity contribution in [1.82, 2.24) is 0 Å². The van der Waals surface area contributed by atoms with Gasteiger partial charge in [-0.1, -0.05) is 60.7 Å². The van der Waals surface area contributed by atoms with Crippen LogP contribution in [-0.4, -0.2) is 16.7 Å². The van der Waals surface area contributed by atoms with Crippen LogP contribution in [0.1, 0.15) is 31.8 Å². The Hall–Kier alpha value is -3.20. The van der Waals surface area contributed by atoms with E-state index in [9.17, 15) is 14.7 Å². The van der Waals surface area contributed by atoms with Crippen LogP contribution in [0.2, 0.25) is 0 Å². The topological polar surface area (TPSA) is 54.4 Å². The molecule has 0 aliphatic heterocycles. The summed E-state index contributed by atoms with van der Waals surface area (Å²) in [6.45, 7) is 0. The van der Waals surface area contributed by atoms with E-state index in [1.54, 1.807) is 24.3 Å². The van der Waals surface area contributed by atoms with Gasteiger partial charge in [0.05, 0.1) is 5.56 Å². The van der Waals surface area contributed by atoms with Crippen molar-refractivity contribution in [2.45, 2.75) is 0 Å². The van der Waals surface area contributed by atoms with Gasteiger partial charge in [0.15, 0.2) is 11.6 Å². The number of aromatic hydroxyl groups is 1. The fraction of sp³-hybridized carbons (Fsp3) is 0. The maximum absolute atomic E-state index is 12.9. The first-order valence-electron chi connectivity index (χ1n) is 7.28. The Kier molecular flexibility index (Phi) is 2.88. The van der Waals surface area contributed by atoms with E-state index >= 15 is 0 Å². The molecule has 0 amide bonds. The molecule has 1 N–H and O–H groups in total. The number of fused-ring (bicyclic) bond motifs is 2. The summed E-state index contributed by atoms with van der Waals surface area (Å²) in [4.78, 5) is 25.7. The van der Waals surface area contributed by atoms with Crippen LogP contribution < -0.4 is 0 Å². The number of phenolic OH excluding ortho intramolecular Hbond substituents is 1. The minimum Gasteiger partial charge on any atom is -0.507 e. The van der Waals surface area contributed by atoms with Crippen LogP contribution in [0.4, 0.5) is 0 Å². The molecule has 0 aromatic heterocycles. The van der Waals surface area contributed by atoms with E-state index in [4.69, 9.17) is 0 Å². The van der Waals surface area contributed by atoms with Gasteiger partial charge in [0.25, 0.3) is 0 Å². The normalized spacial score (nSPS) is 12.7. The van der Waals surface area contributed by atoms with Crippen LogP contribution >= 0.6 is 0 Å². The second-order valence-corrected chi connectivity index (χ2v) is 5.45. The van der Waals surface area contributed by atoms with Gasteiger partial charge in [-0.3, -0.25) is 9.59 Å². The minimum atomic E-state index is -0.314. The third-order valence-electron chi connectivity index (χ3n) is 4.14. The average Bonchev–Trinajstić information content (AvgIpc) is 2.59. The number of rotatable bonds is 1. The molecular formula is C20H12O3. The zero-order chi connectivity index (χ0) is 16.0. The number of phenols is 1. The maximum atomic E-state index is 12.9. The first-order valence-corrected chi connectivity index (χ1v) is 7.28. The SMILES string of the molecule is O=C1c2cccc(-c3ccccc3)c2C(=O)c2cccc(O)c21. The Labute approximate surface area is 132 Å². The lowest BCUT2D eigenvalue weighted by Crippen LogP contribution is -2.21. The predicted molar refractivity (Wildman–Crippen MR) is 86.8 cm³/mol. The van der Waals surface area contributed by atoms with E-state index in [2.05, 4.69) is 0 Å². The number of carbonyl (C=O) groups is 2. The number of hydrogen-bond donors (Lipinski definition) is 1. The van der Waals surface area contributed by atoms with Gasteiger partial charge >= 0.3 is 0 Å². The van der Waals surface area contributed by atoms with Crippen molar-refractivity contribution in [3.63, 3.8) is 0 Å². The third kappa shape index (κ3) is 1.90. The van der Waals surface area contributed by atoms with E-state index in [-0.39, 0.29) is 28.4 Å². The highest BCUT2D eigenvalue weighted by molar-refractivity contribution is 6.31. The van der Waals surface area contributed by atoms with Gasteiger partial charge in [0, 0.05) is 16.7 Å². The van der Waals surface area contributed by atoms with E-state index in [1.165, 1.54) is 6.07 Å². The number of carbonyl (C=O) groups excluding carboxylic acids is 2. The molecule has 0 bridgehead atoms. The Morgan fingerprint density at radius 2 is 1.13 bits per heavy atom. The molecule has 0 spiro atoms. The summed E-state index contributed by atoms with van der Waals surface area (Å²) in [6.07, 6.45) is 0. The van der Waals surface area contributed by atoms with Gasteiger partial charge in [0.2, 0.25) is 0 Å². The first-order chi connectivity index (χ1) is 11.2. The number of benzene rings is 3. The fourth-order valence-electron chi connectivity index (χ4n) is 3.08. The van der Waals surface area contributed by atoms with Crippen molar-refractivity contribution in [1.29, 1.82) is 0 Å². The maximum Gasteiger partial charge on any atom is 0.198 e. The second-order valence-electron chi connectivity index (χ2n) is 5.45. The molecule has 0 heterocycles. The van der Waals surface area contributed by atoms with Crippen molar-refractivity contribution >= 4 is 11.6 Å².